The number of fused-ring (bicyclic) bond motifs is 1. The molecule has 0 bridgehead atoms. The van der Waals surface area contributed by atoms with Crippen LogP contribution < -0.4 is 4.74 Å². The van der Waals surface area contributed by atoms with Crippen LogP contribution in [0.4, 0.5) is 0 Å². The van der Waals surface area contributed by atoms with Gasteiger partial charge in [-0.2, -0.15) is 0 Å². The maximum Gasteiger partial charge on any atom is 0.122 e. The molecule has 1 aromatic rings. The fourth-order valence-electron chi connectivity index (χ4n) is 4.47. The van der Waals surface area contributed by atoms with E-state index in [-0.39, 0.29) is 0 Å². The van der Waals surface area contributed by atoms with Crippen molar-refractivity contribution in [3.05, 3.63) is 29.3 Å². The zero-order valence-corrected chi connectivity index (χ0v) is 15.0. The van der Waals surface area contributed by atoms with Gasteiger partial charge in [0.25, 0.3) is 0 Å². The second-order valence-corrected chi connectivity index (χ2v) is 7.73. The molecule has 0 radical (unpaired) electrons. The molecule has 24 heavy (non-hydrogen) atoms. The average molecular weight is 329 g/mol. The zero-order chi connectivity index (χ0) is 16.4. The van der Waals surface area contributed by atoms with Crippen molar-refractivity contribution < 1.29 is 4.74 Å². The Hall–Kier alpha value is -1.10. The Bertz CT molecular complexity index is 554. The first kappa shape index (κ1) is 16.4. The third kappa shape index (κ3) is 3.76. The molecule has 3 aliphatic rings. The molecule has 1 unspecified atom stereocenters. The highest BCUT2D eigenvalue weighted by atomic mass is 16.5. The lowest BCUT2D eigenvalue weighted by Crippen LogP contribution is -2.54. The van der Waals surface area contributed by atoms with E-state index in [1.165, 1.54) is 76.2 Å². The van der Waals surface area contributed by atoms with Crippen LogP contribution in [0.3, 0.4) is 0 Å². The van der Waals surface area contributed by atoms with Gasteiger partial charge in [-0.3, -0.25) is 4.90 Å². The van der Waals surface area contributed by atoms with Crippen molar-refractivity contribution in [2.75, 3.05) is 59.5 Å². The Morgan fingerprint density at radius 2 is 2.00 bits per heavy atom. The van der Waals surface area contributed by atoms with E-state index in [0.29, 0.717) is 0 Å². The molecule has 4 heteroatoms. The summed E-state index contributed by atoms with van der Waals surface area (Å²) in [6.45, 7) is 9.55. The Morgan fingerprint density at radius 1 is 1.12 bits per heavy atom. The molecule has 4 nitrogen and oxygen atoms in total. The van der Waals surface area contributed by atoms with E-state index in [2.05, 4.69) is 39.9 Å². The summed E-state index contributed by atoms with van der Waals surface area (Å²) in [6.07, 6.45) is 5.00. The zero-order valence-electron chi connectivity index (χ0n) is 15.0. The van der Waals surface area contributed by atoms with Crippen molar-refractivity contribution in [1.82, 2.24) is 14.7 Å². The average Bonchev–Trinajstić information content (AvgIpc) is 3.08. The molecule has 1 aromatic carbocycles. The highest BCUT2D eigenvalue weighted by molar-refractivity contribution is 5.39. The first-order chi connectivity index (χ1) is 11.8. The number of hydrogen-bond donors (Lipinski definition) is 0. The van der Waals surface area contributed by atoms with Gasteiger partial charge in [-0.05, 0) is 50.0 Å². The lowest BCUT2D eigenvalue weighted by Gasteiger charge is -2.42. The normalized spacial score (nSPS) is 26.3. The van der Waals surface area contributed by atoms with Gasteiger partial charge >= 0.3 is 0 Å². The number of benzene rings is 1. The number of nitrogens with zero attached hydrogens (tertiary/aromatic N) is 3. The maximum atomic E-state index is 5.61. The summed E-state index contributed by atoms with van der Waals surface area (Å²) in [5.41, 5.74) is 2.87. The van der Waals surface area contributed by atoms with Crippen LogP contribution in [0, 0.1) is 0 Å². The molecular formula is C20H31N3O. The smallest absolute Gasteiger partial charge is 0.122 e. The molecule has 132 valence electrons. The van der Waals surface area contributed by atoms with Crippen molar-refractivity contribution >= 4 is 0 Å². The number of hydrogen-bond acceptors (Lipinski definition) is 4. The molecule has 4 rings (SSSR count). The van der Waals surface area contributed by atoms with Gasteiger partial charge in [0.2, 0.25) is 0 Å². The van der Waals surface area contributed by atoms with Crippen LogP contribution in [0.2, 0.25) is 0 Å². The highest BCUT2D eigenvalue weighted by Gasteiger charge is 2.26. The summed E-state index contributed by atoms with van der Waals surface area (Å²) in [6, 6.07) is 7.56. The minimum absolute atomic E-state index is 0.794. The number of piperidine rings is 1. The topological polar surface area (TPSA) is 19.0 Å². The first-order valence-electron chi connectivity index (χ1n) is 9.67. The number of rotatable bonds is 4. The van der Waals surface area contributed by atoms with Gasteiger partial charge in [-0.15, -0.1) is 0 Å². The minimum Gasteiger partial charge on any atom is -0.493 e. The second-order valence-electron chi connectivity index (χ2n) is 7.73. The SMILES string of the molecule is CN1CCCC(N2CCN(CCc3ccc4c(c3)CCO4)CC2)C1. The maximum absolute atomic E-state index is 5.61. The lowest BCUT2D eigenvalue weighted by atomic mass is 10.0. The lowest BCUT2D eigenvalue weighted by molar-refractivity contribution is 0.0599. The van der Waals surface area contributed by atoms with Gasteiger partial charge in [0.05, 0.1) is 6.61 Å². The molecule has 0 aromatic heterocycles. The van der Waals surface area contributed by atoms with E-state index < -0.39 is 0 Å². The van der Waals surface area contributed by atoms with Gasteiger partial charge < -0.3 is 14.5 Å². The van der Waals surface area contributed by atoms with E-state index in [9.17, 15) is 0 Å². The Balaban J connectivity index is 1.23. The van der Waals surface area contributed by atoms with Crippen LogP contribution in [0.5, 0.6) is 5.75 Å². The molecule has 3 aliphatic heterocycles. The van der Waals surface area contributed by atoms with Gasteiger partial charge in [0.15, 0.2) is 0 Å². The third-order valence-electron chi connectivity index (χ3n) is 5.99. The van der Waals surface area contributed by atoms with E-state index in [4.69, 9.17) is 4.74 Å². The number of ether oxygens (including phenoxy) is 1. The fourth-order valence-corrected chi connectivity index (χ4v) is 4.47. The van der Waals surface area contributed by atoms with E-state index in [1.807, 2.05) is 0 Å². The number of likely N-dealkylation sites (N-methyl/N-ethyl adjacent to an activating group) is 1. The molecule has 0 N–H and O–H groups in total. The summed E-state index contributed by atoms with van der Waals surface area (Å²) < 4.78 is 5.61. The summed E-state index contributed by atoms with van der Waals surface area (Å²) in [5, 5.41) is 0. The molecule has 0 saturated carbocycles. The summed E-state index contributed by atoms with van der Waals surface area (Å²) in [5.74, 6) is 1.10. The summed E-state index contributed by atoms with van der Waals surface area (Å²) >= 11 is 0. The molecule has 0 spiro atoms. The number of piperazine rings is 1. The van der Waals surface area contributed by atoms with Crippen molar-refractivity contribution in [1.29, 1.82) is 0 Å². The van der Waals surface area contributed by atoms with E-state index >= 15 is 0 Å². The van der Waals surface area contributed by atoms with Gasteiger partial charge in [0, 0.05) is 51.7 Å². The molecule has 1 atom stereocenters. The predicted octanol–water partition coefficient (Wildman–Crippen LogP) is 1.88. The molecule has 2 saturated heterocycles. The van der Waals surface area contributed by atoms with Crippen LogP contribution in [0.15, 0.2) is 18.2 Å². The standard InChI is InChI=1S/C20H31N3O/c1-21-8-2-3-19(16-21)23-12-10-22(11-13-23)9-6-17-4-5-20-18(15-17)7-14-24-20/h4-5,15,19H,2-3,6-14,16H2,1H3. The van der Waals surface area contributed by atoms with Crippen LogP contribution in [0.25, 0.3) is 0 Å². The Labute approximate surface area is 146 Å². The quantitative estimate of drug-likeness (QED) is 0.839. The van der Waals surface area contributed by atoms with Crippen LogP contribution in [0.1, 0.15) is 24.0 Å². The first-order valence-corrected chi connectivity index (χ1v) is 9.67. The third-order valence-corrected chi connectivity index (χ3v) is 5.99. The molecule has 3 heterocycles. The van der Waals surface area contributed by atoms with Gasteiger partial charge in [-0.25, -0.2) is 0 Å². The molecule has 0 amide bonds. The van der Waals surface area contributed by atoms with Crippen LogP contribution in [-0.4, -0.2) is 80.2 Å². The van der Waals surface area contributed by atoms with Crippen molar-refractivity contribution in [2.24, 2.45) is 0 Å². The fraction of sp³-hybridized carbons (Fsp3) is 0.700. The Kier molecular flexibility index (Phi) is 5.06. The number of likely N-dealkylation sites (tertiary alicyclic amines) is 1. The monoisotopic (exact) mass is 329 g/mol. The minimum atomic E-state index is 0.794. The predicted molar refractivity (Wildman–Crippen MR) is 97.9 cm³/mol. The molecular weight excluding hydrogens is 298 g/mol. The van der Waals surface area contributed by atoms with Gasteiger partial charge in [0.1, 0.15) is 5.75 Å². The highest BCUT2D eigenvalue weighted by Crippen LogP contribution is 2.26. The van der Waals surface area contributed by atoms with Crippen LogP contribution in [-0.2, 0) is 12.8 Å². The van der Waals surface area contributed by atoms with Crippen molar-refractivity contribution in [3.63, 3.8) is 0 Å². The van der Waals surface area contributed by atoms with Gasteiger partial charge in [-0.1, -0.05) is 12.1 Å². The second kappa shape index (κ2) is 7.42. The Morgan fingerprint density at radius 3 is 2.83 bits per heavy atom. The summed E-state index contributed by atoms with van der Waals surface area (Å²) in [7, 11) is 2.27. The van der Waals surface area contributed by atoms with Crippen molar-refractivity contribution in [2.45, 2.75) is 31.7 Å². The van der Waals surface area contributed by atoms with E-state index in [1.54, 1.807) is 0 Å². The molecule has 0 aliphatic carbocycles. The largest absolute Gasteiger partial charge is 0.493 e. The van der Waals surface area contributed by atoms with E-state index in [0.717, 1.165) is 24.8 Å². The van der Waals surface area contributed by atoms with Crippen LogP contribution >= 0.6 is 0 Å². The molecule has 2 fully saturated rings. The van der Waals surface area contributed by atoms with Crippen molar-refractivity contribution in [3.8, 4) is 5.75 Å². The summed E-state index contributed by atoms with van der Waals surface area (Å²) in [4.78, 5) is 7.88.